The summed E-state index contributed by atoms with van der Waals surface area (Å²) in [7, 11) is 0. The van der Waals surface area contributed by atoms with Crippen molar-refractivity contribution in [1.82, 2.24) is 20.2 Å². The van der Waals surface area contributed by atoms with Crippen molar-refractivity contribution in [2.45, 2.75) is 53.0 Å². The van der Waals surface area contributed by atoms with Crippen LogP contribution in [-0.2, 0) is 17.8 Å². The van der Waals surface area contributed by atoms with Crippen LogP contribution >= 0.6 is 0 Å². The third-order valence-corrected chi connectivity index (χ3v) is 8.74. The van der Waals surface area contributed by atoms with Crippen LogP contribution in [0.15, 0.2) is 59.9 Å². The highest BCUT2D eigenvalue weighted by molar-refractivity contribution is 6.41. The number of benzene rings is 1. The Morgan fingerprint density at radius 3 is 1.87 bits per heavy atom. The largest absolute Gasteiger partial charge is 0.368 e. The fraction of sp³-hybridized carbons (Fsp3) is 0.444. The Bertz CT molecular complexity index is 1540. The molecule has 3 aromatic rings. The summed E-state index contributed by atoms with van der Waals surface area (Å²) in [5.41, 5.74) is 7.19. The minimum atomic E-state index is 0.0785. The number of Topliss-reactive ketones (excluding diaryl/α,β-unsaturated/α-hetero) is 3. The highest BCUT2D eigenvalue weighted by atomic mass is 16.1. The van der Waals surface area contributed by atoms with Crippen LogP contribution in [0, 0.1) is 0 Å². The molecule has 0 aliphatic carbocycles. The zero-order valence-electron chi connectivity index (χ0n) is 27.3. The van der Waals surface area contributed by atoms with Crippen molar-refractivity contribution >= 4 is 40.1 Å². The number of carbonyl (C=O) groups excluding carboxylic acids is 3. The fourth-order valence-corrected chi connectivity index (χ4v) is 5.93. The molecule has 2 aromatic heterocycles. The standard InChI is InChI=1S/C24H28N4O2.C12H17N3O/c1-3-20-24(30)14-18-13-17(5-7-21(18)26-20)16-27-9-11-28(12-10-27)19-6-8-22(25-15-19)23(29)4-2;1-2-12(16)11-4-3-10(9-14-11)15-7-5-13-6-8-15/h5-8,13,15H,3-4,9-12,14,16H2,1-2H3;3-4,9,13H,2,5-8H2,1H3. The van der Waals surface area contributed by atoms with E-state index in [-0.39, 0.29) is 17.3 Å². The van der Waals surface area contributed by atoms with Gasteiger partial charge < -0.3 is 15.1 Å². The molecule has 2 fully saturated rings. The highest BCUT2D eigenvalue weighted by Crippen LogP contribution is 2.27. The average molecular weight is 624 g/mol. The molecule has 3 aliphatic rings. The monoisotopic (exact) mass is 623 g/mol. The van der Waals surface area contributed by atoms with E-state index in [1.165, 1.54) is 5.56 Å². The third-order valence-electron chi connectivity index (χ3n) is 8.74. The maximum absolute atomic E-state index is 12.2. The molecule has 10 heteroatoms. The molecule has 0 bridgehead atoms. The van der Waals surface area contributed by atoms with Gasteiger partial charge in [-0.15, -0.1) is 0 Å². The van der Waals surface area contributed by atoms with Gasteiger partial charge in [0.2, 0.25) is 0 Å². The lowest BCUT2D eigenvalue weighted by atomic mass is 9.97. The second kappa shape index (κ2) is 15.8. The maximum atomic E-state index is 12.2. The molecule has 46 heavy (non-hydrogen) atoms. The first-order valence-electron chi connectivity index (χ1n) is 16.5. The minimum absolute atomic E-state index is 0.0785. The number of fused-ring (bicyclic) bond motifs is 1. The molecule has 0 spiro atoms. The number of carbonyl (C=O) groups is 3. The molecule has 2 saturated heterocycles. The molecule has 242 valence electrons. The Balaban J connectivity index is 0.000000219. The second-order valence-electron chi connectivity index (χ2n) is 11.8. The van der Waals surface area contributed by atoms with Crippen LogP contribution in [0.5, 0.6) is 0 Å². The quantitative estimate of drug-likeness (QED) is 0.340. The summed E-state index contributed by atoms with van der Waals surface area (Å²) in [6.07, 6.45) is 5.76. The third kappa shape index (κ3) is 8.30. The van der Waals surface area contributed by atoms with Crippen molar-refractivity contribution in [2.75, 3.05) is 62.2 Å². The van der Waals surface area contributed by atoms with Crippen LogP contribution < -0.4 is 15.1 Å². The Morgan fingerprint density at radius 1 is 0.761 bits per heavy atom. The van der Waals surface area contributed by atoms with Gasteiger partial charge in [-0.25, -0.2) is 4.99 Å². The summed E-state index contributed by atoms with van der Waals surface area (Å²) in [5, 5.41) is 3.31. The van der Waals surface area contributed by atoms with E-state index in [9.17, 15) is 14.4 Å². The van der Waals surface area contributed by atoms with E-state index in [2.05, 4.69) is 47.1 Å². The van der Waals surface area contributed by atoms with Gasteiger partial charge >= 0.3 is 0 Å². The van der Waals surface area contributed by atoms with E-state index in [4.69, 9.17) is 0 Å². The molecule has 0 atom stereocenters. The first-order valence-corrected chi connectivity index (χ1v) is 16.5. The molecule has 3 aliphatic heterocycles. The van der Waals surface area contributed by atoms with Crippen LogP contribution in [0.1, 0.15) is 72.1 Å². The predicted molar refractivity (Wildman–Crippen MR) is 183 cm³/mol. The minimum Gasteiger partial charge on any atom is -0.368 e. The van der Waals surface area contributed by atoms with Gasteiger partial charge in [0.05, 0.1) is 35.2 Å². The lowest BCUT2D eigenvalue weighted by molar-refractivity contribution is -0.112. The van der Waals surface area contributed by atoms with Crippen molar-refractivity contribution < 1.29 is 14.4 Å². The number of pyridine rings is 2. The molecule has 10 nitrogen and oxygen atoms in total. The number of piperazine rings is 2. The summed E-state index contributed by atoms with van der Waals surface area (Å²) in [4.78, 5) is 55.4. The van der Waals surface area contributed by atoms with Crippen molar-refractivity contribution in [3.05, 3.63) is 77.4 Å². The Morgan fingerprint density at radius 2 is 1.35 bits per heavy atom. The van der Waals surface area contributed by atoms with Gasteiger partial charge in [0.25, 0.3) is 0 Å². The number of nitrogens with zero attached hydrogens (tertiary/aromatic N) is 6. The Kier molecular flexibility index (Phi) is 11.4. The predicted octanol–water partition coefficient (Wildman–Crippen LogP) is 4.69. The van der Waals surface area contributed by atoms with Crippen LogP contribution in [0.4, 0.5) is 17.1 Å². The van der Waals surface area contributed by atoms with Gasteiger partial charge in [0, 0.05) is 78.2 Å². The first kappa shape index (κ1) is 33.1. The molecular weight excluding hydrogens is 578 g/mol. The molecule has 6 rings (SSSR count). The smallest absolute Gasteiger partial charge is 0.181 e. The number of hydrogen-bond acceptors (Lipinski definition) is 10. The highest BCUT2D eigenvalue weighted by Gasteiger charge is 2.21. The van der Waals surface area contributed by atoms with E-state index in [0.717, 1.165) is 81.5 Å². The second-order valence-corrected chi connectivity index (χ2v) is 11.8. The lowest BCUT2D eigenvalue weighted by Gasteiger charge is -2.36. The molecule has 0 unspecified atom stereocenters. The van der Waals surface area contributed by atoms with Crippen LogP contribution in [-0.4, -0.2) is 90.3 Å². The van der Waals surface area contributed by atoms with Crippen LogP contribution in [0.2, 0.25) is 0 Å². The summed E-state index contributed by atoms with van der Waals surface area (Å²) in [6, 6.07) is 14.0. The number of nitrogens with one attached hydrogen (secondary N) is 1. The first-order chi connectivity index (χ1) is 22.4. The zero-order chi connectivity index (χ0) is 32.5. The van der Waals surface area contributed by atoms with Gasteiger partial charge in [-0.2, -0.15) is 0 Å². The lowest BCUT2D eigenvalue weighted by Crippen LogP contribution is -2.46. The molecule has 5 heterocycles. The number of anilines is 2. The summed E-state index contributed by atoms with van der Waals surface area (Å²) >= 11 is 0. The van der Waals surface area contributed by atoms with Gasteiger partial charge in [0.1, 0.15) is 11.4 Å². The maximum Gasteiger partial charge on any atom is 0.181 e. The van der Waals surface area contributed by atoms with Gasteiger partial charge in [-0.3, -0.25) is 29.3 Å². The van der Waals surface area contributed by atoms with E-state index >= 15 is 0 Å². The summed E-state index contributed by atoms with van der Waals surface area (Å²) in [6.45, 7) is 14.4. The zero-order valence-corrected chi connectivity index (χ0v) is 27.3. The number of aromatic nitrogens is 2. The van der Waals surface area contributed by atoms with Gasteiger partial charge in [-0.05, 0) is 47.9 Å². The molecule has 0 amide bonds. The molecule has 0 saturated carbocycles. The summed E-state index contributed by atoms with van der Waals surface area (Å²) in [5.74, 6) is 0.331. The van der Waals surface area contributed by atoms with Gasteiger partial charge in [-0.1, -0.05) is 32.9 Å². The Hall–Kier alpha value is -4.28. The number of ketones is 3. The number of aliphatic imine (C=N–C) groups is 1. The number of hydrogen-bond donors (Lipinski definition) is 1. The fourth-order valence-electron chi connectivity index (χ4n) is 5.93. The number of rotatable bonds is 9. The SMILES string of the molecule is CCC(=O)c1ccc(N2CCN(Cc3ccc4c(c3)CC(=O)C(CC)=N4)CC2)cn1.CCC(=O)c1ccc(N2CCNCC2)cn1. The van der Waals surface area contributed by atoms with Crippen molar-refractivity contribution in [3.63, 3.8) is 0 Å². The van der Waals surface area contributed by atoms with Crippen molar-refractivity contribution in [2.24, 2.45) is 4.99 Å². The van der Waals surface area contributed by atoms with Crippen molar-refractivity contribution in [1.29, 1.82) is 0 Å². The molecule has 0 radical (unpaired) electrons. The van der Waals surface area contributed by atoms with Crippen LogP contribution in [0.25, 0.3) is 0 Å². The van der Waals surface area contributed by atoms with Gasteiger partial charge in [0.15, 0.2) is 17.3 Å². The summed E-state index contributed by atoms with van der Waals surface area (Å²) < 4.78 is 0. The topological polar surface area (TPSA) is 111 Å². The van der Waals surface area contributed by atoms with Crippen LogP contribution in [0.3, 0.4) is 0 Å². The van der Waals surface area contributed by atoms with E-state index in [1.54, 1.807) is 6.20 Å². The average Bonchev–Trinajstić information content (AvgIpc) is 3.11. The molecular formula is C36H45N7O3. The normalized spacial score (nSPS) is 16.7. The van der Waals surface area contributed by atoms with Crippen molar-refractivity contribution in [3.8, 4) is 0 Å². The van der Waals surface area contributed by atoms with E-state index in [0.29, 0.717) is 42.8 Å². The molecule has 1 aromatic carbocycles. The Labute approximate surface area is 271 Å². The van der Waals surface area contributed by atoms with E-state index in [1.807, 2.05) is 57.3 Å². The molecule has 1 N–H and O–H groups in total. The van der Waals surface area contributed by atoms with E-state index < -0.39 is 0 Å².